The standard InChI is InChI=1S/C16H12F2N2O2S/c17-14-9-8-12(11-15(14)18)16-7-4-10-20(16)19-23(21,22)13-5-2-1-3-6-13/h1-11,19H. The molecule has 0 aliphatic heterocycles. The largest absolute Gasteiger partial charge is 0.275 e. The minimum Gasteiger partial charge on any atom is -0.253 e. The smallest absolute Gasteiger partial charge is 0.253 e. The summed E-state index contributed by atoms with van der Waals surface area (Å²) in [5, 5.41) is 0. The third-order valence-corrected chi connectivity index (χ3v) is 4.57. The van der Waals surface area contributed by atoms with Crippen LogP contribution in [0.1, 0.15) is 0 Å². The van der Waals surface area contributed by atoms with E-state index in [2.05, 4.69) is 4.83 Å². The molecule has 118 valence electrons. The highest BCUT2D eigenvalue weighted by Gasteiger charge is 2.16. The minimum absolute atomic E-state index is 0.102. The van der Waals surface area contributed by atoms with E-state index in [0.29, 0.717) is 11.3 Å². The number of rotatable bonds is 4. The molecule has 1 aromatic heterocycles. The van der Waals surface area contributed by atoms with Crippen molar-refractivity contribution >= 4 is 10.0 Å². The number of aromatic nitrogens is 1. The Morgan fingerprint density at radius 2 is 1.61 bits per heavy atom. The molecule has 3 aromatic rings. The van der Waals surface area contributed by atoms with Crippen molar-refractivity contribution in [1.82, 2.24) is 4.68 Å². The Balaban J connectivity index is 1.97. The quantitative estimate of drug-likeness (QED) is 0.795. The molecule has 0 fully saturated rings. The van der Waals surface area contributed by atoms with Gasteiger partial charge in [-0.15, -0.1) is 0 Å². The van der Waals surface area contributed by atoms with Gasteiger partial charge in [-0.3, -0.25) is 4.68 Å². The predicted molar refractivity (Wildman–Crippen MR) is 82.8 cm³/mol. The summed E-state index contributed by atoms with van der Waals surface area (Å²) in [6, 6.07) is 14.4. The second-order valence-electron chi connectivity index (χ2n) is 4.80. The fourth-order valence-electron chi connectivity index (χ4n) is 2.13. The van der Waals surface area contributed by atoms with Crippen LogP contribution >= 0.6 is 0 Å². The maximum Gasteiger partial charge on any atom is 0.275 e. The Morgan fingerprint density at radius 3 is 2.30 bits per heavy atom. The number of halogens is 2. The molecule has 3 rings (SSSR count). The van der Waals surface area contributed by atoms with Crippen LogP contribution in [0.15, 0.2) is 71.8 Å². The SMILES string of the molecule is O=S(=O)(Nn1cccc1-c1ccc(F)c(F)c1)c1ccccc1. The van der Waals surface area contributed by atoms with Crippen molar-refractivity contribution in [3.8, 4) is 11.3 Å². The number of benzene rings is 2. The highest BCUT2D eigenvalue weighted by Crippen LogP contribution is 2.22. The zero-order valence-electron chi connectivity index (χ0n) is 11.8. The van der Waals surface area contributed by atoms with Crippen LogP contribution in [0.5, 0.6) is 0 Å². The van der Waals surface area contributed by atoms with Crippen LogP contribution in [0.2, 0.25) is 0 Å². The second-order valence-corrected chi connectivity index (χ2v) is 6.46. The number of nitrogens with one attached hydrogen (secondary N) is 1. The van der Waals surface area contributed by atoms with Gasteiger partial charge in [0.15, 0.2) is 11.6 Å². The van der Waals surface area contributed by atoms with Gasteiger partial charge in [0.2, 0.25) is 0 Å². The van der Waals surface area contributed by atoms with Crippen LogP contribution < -0.4 is 4.83 Å². The summed E-state index contributed by atoms with van der Waals surface area (Å²) in [7, 11) is -3.79. The van der Waals surface area contributed by atoms with Crippen molar-refractivity contribution in [2.45, 2.75) is 4.90 Å². The van der Waals surface area contributed by atoms with Gasteiger partial charge in [-0.25, -0.2) is 13.6 Å². The van der Waals surface area contributed by atoms with E-state index in [9.17, 15) is 17.2 Å². The molecule has 0 saturated heterocycles. The van der Waals surface area contributed by atoms with Crippen molar-refractivity contribution in [1.29, 1.82) is 0 Å². The summed E-state index contributed by atoms with van der Waals surface area (Å²) in [4.78, 5) is 2.49. The molecule has 23 heavy (non-hydrogen) atoms. The van der Waals surface area contributed by atoms with Crippen LogP contribution in [-0.4, -0.2) is 13.1 Å². The molecule has 0 amide bonds. The van der Waals surface area contributed by atoms with Gasteiger partial charge >= 0.3 is 0 Å². The Kier molecular flexibility index (Phi) is 3.87. The van der Waals surface area contributed by atoms with Crippen LogP contribution in [0, 0.1) is 11.6 Å². The van der Waals surface area contributed by atoms with Gasteiger partial charge in [-0.05, 0) is 42.5 Å². The molecule has 0 radical (unpaired) electrons. The Labute approximate surface area is 132 Å². The average Bonchev–Trinajstić information content (AvgIpc) is 2.98. The predicted octanol–water partition coefficient (Wildman–Crippen LogP) is 3.37. The number of hydrogen-bond acceptors (Lipinski definition) is 2. The zero-order chi connectivity index (χ0) is 16.4. The lowest BCUT2D eigenvalue weighted by molar-refractivity contribution is 0.509. The molecule has 2 aromatic carbocycles. The topological polar surface area (TPSA) is 51.1 Å². The maximum atomic E-state index is 13.4. The lowest BCUT2D eigenvalue weighted by Gasteiger charge is -2.13. The lowest BCUT2D eigenvalue weighted by atomic mass is 10.1. The maximum absolute atomic E-state index is 13.4. The van der Waals surface area contributed by atoms with Crippen molar-refractivity contribution in [2.24, 2.45) is 0 Å². The van der Waals surface area contributed by atoms with E-state index in [0.717, 1.165) is 12.1 Å². The first-order valence-corrected chi connectivity index (χ1v) is 8.16. The Morgan fingerprint density at radius 1 is 0.870 bits per heavy atom. The van der Waals surface area contributed by atoms with Crippen molar-refractivity contribution in [3.63, 3.8) is 0 Å². The van der Waals surface area contributed by atoms with Gasteiger partial charge in [-0.2, -0.15) is 8.42 Å². The zero-order valence-corrected chi connectivity index (χ0v) is 12.6. The summed E-state index contributed by atoms with van der Waals surface area (Å²) in [6.07, 6.45) is 1.48. The fraction of sp³-hybridized carbons (Fsp3) is 0. The molecule has 0 spiro atoms. The summed E-state index contributed by atoms with van der Waals surface area (Å²) < 4.78 is 52.3. The first-order chi connectivity index (χ1) is 11.0. The molecule has 1 N–H and O–H groups in total. The van der Waals surface area contributed by atoms with Crippen molar-refractivity contribution in [3.05, 3.63) is 78.5 Å². The molecule has 7 heteroatoms. The molecule has 0 aliphatic carbocycles. The number of sulfonamides is 1. The van der Waals surface area contributed by atoms with Crippen molar-refractivity contribution < 1.29 is 17.2 Å². The van der Waals surface area contributed by atoms with Crippen LogP contribution in [0.4, 0.5) is 8.78 Å². The Bertz CT molecular complexity index is 938. The highest BCUT2D eigenvalue weighted by molar-refractivity contribution is 7.92. The van der Waals surface area contributed by atoms with E-state index in [-0.39, 0.29) is 4.90 Å². The molecular formula is C16H12F2N2O2S. The number of nitrogens with zero attached hydrogens (tertiary/aromatic N) is 1. The normalized spacial score (nSPS) is 11.4. The molecule has 0 aliphatic rings. The summed E-state index contributed by atoms with van der Waals surface area (Å²) in [6.45, 7) is 0. The fourth-order valence-corrected chi connectivity index (χ4v) is 3.17. The average molecular weight is 334 g/mol. The lowest BCUT2D eigenvalue weighted by Crippen LogP contribution is -2.23. The van der Waals surface area contributed by atoms with E-state index >= 15 is 0 Å². The van der Waals surface area contributed by atoms with E-state index in [4.69, 9.17) is 0 Å². The monoisotopic (exact) mass is 334 g/mol. The van der Waals surface area contributed by atoms with Gasteiger partial charge < -0.3 is 0 Å². The summed E-state index contributed by atoms with van der Waals surface area (Å²) in [5.74, 6) is -1.96. The van der Waals surface area contributed by atoms with Crippen molar-refractivity contribution in [2.75, 3.05) is 4.83 Å². The van der Waals surface area contributed by atoms with Crippen LogP contribution in [-0.2, 0) is 10.0 Å². The first-order valence-electron chi connectivity index (χ1n) is 6.68. The molecule has 4 nitrogen and oxygen atoms in total. The van der Waals surface area contributed by atoms with Gasteiger partial charge in [0, 0.05) is 11.8 Å². The summed E-state index contributed by atoms with van der Waals surface area (Å²) >= 11 is 0. The van der Waals surface area contributed by atoms with Gasteiger partial charge in [-0.1, -0.05) is 18.2 Å². The highest BCUT2D eigenvalue weighted by atomic mass is 32.2. The third kappa shape index (κ3) is 3.09. The summed E-state index contributed by atoms with van der Waals surface area (Å²) in [5.41, 5.74) is 0.744. The van der Waals surface area contributed by atoms with Crippen LogP contribution in [0.3, 0.4) is 0 Å². The molecular weight excluding hydrogens is 322 g/mol. The van der Waals surface area contributed by atoms with E-state index in [1.165, 1.54) is 29.1 Å². The first kappa shape index (κ1) is 15.2. The molecule has 0 bridgehead atoms. The van der Waals surface area contributed by atoms with Crippen LogP contribution in [0.25, 0.3) is 11.3 Å². The van der Waals surface area contributed by atoms with E-state index in [1.807, 2.05) is 0 Å². The molecule has 0 atom stereocenters. The Hall–Kier alpha value is -2.67. The molecule has 0 saturated carbocycles. The molecule has 1 heterocycles. The van der Waals surface area contributed by atoms with E-state index in [1.54, 1.807) is 30.3 Å². The van der Waals surface area contributed by atoms with Gasteiger partial charge in [0.1, 0.15) is 0 Å². The minimum atomic E-state index is -3.79. The number of hydrogen-bond donors (Lipinski definition) is 1. The van der Waals surface area contributed by atoms with E-state index < -0.39 is 21.7 Å². The second kappa shape index (κ2) is 5.85. The molecule has 0 unspecified atom stereocenters. The third-order valence-electron chi connectivity index (χ3n) is 3.24. The van der Waals surface area contributed by atoms with Gasteiger partial charge in [0.05, 0.1) is 10.6 Å². The van der Waals surface area contributed by atoms with Gasteiger partial charge in [0.25, 0.3) is 10.0 Å².